The third-order valence-corrected chi connectivity index (χ3v) is 2.90. The molecule has 0 fully saturated rings. The van der Waals surface area contributed by atoms with E-state index in [9.17, 15) is 9.59 Å². The highest BCUT2D eigenvalue weighted by Crippen LogP contribution is 2.19. The zero-order chi connectivity index (χ0) is 14.0. The van der Waals surface area contributed by atoms with Crippen molar-refractivity contribution in [2.45, 2.75) is 13.3 Å². The largest absolute Gasteiger partial charge is 0.481 e. The van der Waals surface area contributed by atoms with Crippen molar-refractivity contribution in [2.24, 2.45) is 0 Å². The molecule has 0 aliphatic rings. The van der Waals surface area contributed by atoms with Crippen molar-refractivity contribution >= 4 is 17.6 Å². The van der Waals surface area contributed by atoms with E-state index in [4.69, 9.17) is 16.7 Å². The van der Waals surface area contributed by atoms with Crippen molar-refractivity contribution in [3.8, 4) is 5.69 Å². The molecule has 0 bridgehead atoms. The Hall–Kier alpha value is -2.14. The number of benzene rings is 1. The molecule has 0 saturated carbocycles. The lowest BCUT2D eigenvalue weighted by molar-refractivity contribution is -0.136. The fourth-order valence-corrected chi connectivity index (χ4v) is 1.93. The van der Waals surface area contributed by atoms with E-state index in [1.165, 1.54) is 10.7 Å². The Bertz CT molecular complexity index is 695. The van der Waals surface area contributed by atoms with Gasteiger partial charge in [0.2, 0.25) is 5.43 Å². The van der Waals surface area contributed by atoms with Crippen LogP contribution in [0.3, 0.4) is 0 Å². The summed E-state index contributed by atoms with van der Waals surface area (Å²) in [6, 6.07) is 8.37. The van der Waals surface area contributed by atoms with Crippen LogP contribution in [0.5, 0.6) is 0 Å². The van der Waals surface area contributed by atoms with Crippen LogP contribution in [0.4, 0.5) is 0 Å². The standard InChI is InChI=1S/C13H11ClN2O3/c1-8-6-12(17)10(7-13(18)19)15-16(8)11-5-3-2-4-9(11)14/h2-6H,7H2,1H3,(H,18,19). The summed E-state index contributed by atoms with van der Waals surface area (Å²) in [5.74, 6) is -1.10. The van der Waals surface area contributed by atoms with Crippen LogP contribution in [0.1, 0.15) is 11.4 Å². The van der Waals surface area contributed by atoms with Gasteiger partial charge in [0.15, 0.2) is 0 Å². The summed E-state index contributed by atoms with van der Waals surface area (Å²) < 4.78 is 1.47. The molecule has 1 heterocycles. The Morgan fingerprint density at radius 1 is 1.42 bits per heavy atom. The molecule has 2 rings (SSSR count). The zero-order valence-corrected chi connectivity index (χ0v) is 10.9. The Kier molecular flexibility index (Phi) is 3.66. The summed E-state index contributed by atoms with van der Waals surface area (Å²) in [5.41, 5.74) is 0.793. The molecule has 0 saturated heterocycles. The molecule has 6 heteroatoms. The number of aliphatic carboxylic acids is 1. The number of para-hydroxylation sites is 1. The van der Waals surface area contributed by atoms with Crippen molar-refractivity contribution in [3.63, 3.8) is 0 Å². The summed E-state index contributed by atoms with van der Waals surface area (Å²) >= 11 is 6.07. The van der Waals surface area contributed by atoms with Crippen LogP contribution in [0.15, 0.2) is 35.1 Å². The molecule has 1 aromatic heterocycles. The number of carboxylic acid groups (broad SMARTS) is 1. The Balaban J connectivity index is 2.61. The van der Waals surface area contributed by atoms with Crippen molar-refractivity contribution in [3.05, 3.63) is 57.0 Å². The molecule has 19 heavy (non-hydrogen) atoms. The predicted molar refractivity (Wildman–Crippen MR) is 70.9 cm³/mol. The molecular weight excluding hydrogens is 268 g/mol. The number of hydrogen-bond donors (Lipinski definition) is 1. The average Bonchev–Trinajstić information content (AvgIpc) is 2.33. The Labute approximate surface area is 114 Å². The first kappa shape index (κ1) is 13.3. The topological polar surface area (TPSA) is 72.2 Å². The van der Waals surface area contributed by atoms with Crippen molar-refractivity contribution in [1.82, 2.24) is 9.78 Å². The van der Waals surface area contributed by atoms with Crippen LogP contribution in [0.2, 0.25) is 5.02 Å². The van der Waals surface area contributed by atoms with Gasteiger partial charge in [0.05, 0.1) is 17.1 Å². The van der Waals surface area contributed by atoms with E-state index in [2.05, 4.69) is 5.10 Å². The number of carboxylic acids is 1. The van der Waals surface area contributed by atoms with Gasteiger partial charge >= 0.3 is 5.97 Å². The minimum Gasteiger partial charge on any atom is -0.481 e. The van der Waals surface area contributed by atoms with Gasteiger partial charge in [-0.2, -0.15) is 5.10 Å². The molecule has 0 aliphatic heterocycles. The van der Waals surface area contributed by atoms with E-state index >= 15 is 0 Å². The summed E-state index contributed by atoms with van der Waals surface area (Å²) in [7, 11) is 0. The monoisotopic (exact) mass is 278 g/mol. The van der Waals surface area contributed by atoms with Gasteiger partial charge in [0, 0.05) is 11.8 Å². The smallest absolute Gasteiger partial charge is 0.309 e. The third-order valence-electron chi connectivity index (χ3n) is 2.58. The molecule has 0 amide bonds. The lowest BCUT2D eigenvalue weighted by Gasteiger charge is -2.11. The van der Waals surface area contributed by atoms with Crippen LogP contribution < -0.4 is 5.43 Å². The normalized spacial score (nSPS) is 10.4. The van der Waals surface area contributed by atoms with Crippen LogP contribution in [-0.4, -0.2) is 20.9 Å². The first-order valence-electron chi connectivity index (χ1n) is 5.55. The number of hydrogen-bond acceptors (Lipinski definition) is 3. The molecule has 98 valence electrons. The van der Waals surface area contributed by atoms with E-state index in [1.54, 1.807) is 31.2 Å². The van der Waals surface area contributed by atoms with Gasteiger partial charge in [-0.15, -0.1) is 0 Å². The van der Waals surface area contributed by atoms with Crippen molar-refractivity contribution in [1.29, 1.82) is 0 Å². The maximum absolute atomic E-state index is 11.7. The molecule has 0 spiro atoms. The number of rotatable bonds is 3. The third kappa shape index (κ3) is 2.82. The summed E-state index contributed by atoms with van der Waals surface area (Å²) in [6.45, 7) is 1.71. The molecule has 0 atom stereocenters. The number of halogens is 1. The molecule has 5 nitrogen and oxygen atoms in total. The number of aryl methyl sites for hydroxylation is 1. The maximum atomic E-state index is 11.7. The molecule has 0 radical (unpaired) electrons. The van der Waals surface area contributed by atoms with Gasteiger partial charge in [-0.05, 0) is 19.1 Å². The average molecular weight is 279 g/mol. The summed E-state index contributed by atoms with van der Waals surface area (Å²) in [6.07, 6.45) is -0.413. The minimum absolute atomic E-state index is 0.0157. The van der Waals surface area contributed by atoms with Gasteiger partial charge in [0.1, 0.15) is 5.69 Å². The highest BCUT2D eigenvalue weighted by atomic mass is 35.5. The van der Waals surface area contributed by atoms with E-state index in [-0.39, 0.29) is 11.1 Å². The molecule has 1 N–H and O–H groups in total. The second-order valence-electron chi connectivity index (χ2n) is 4.03. The van der Waals surface area contributed by atoms with Gasteiger partial charge in [-0.3, -0.25) is 9.59 Å². The first-order chi connectivity index (χ1) is 8.99. The number of aromatic nitrogens is 2. The lowest BCUT2D eigenvalue weighted by atomic mass is 10.2. The number of nitrogens with zero attached hydrogens (tertiary/aromatic N) is 2. The van der Waals surface area contributed by atoms with Crippen LogP contribution >= 0.6 is 11.6 Å². The van der Waals surface area contributed by atoms with Gasteiger partial charge < -0.3 is 5.11 Å². The second-order valence-corrected chi connectivity index (χ2v) is 4.44. The Morgan fingerprint density at radius 3 is 2.74 bits per heavy atom. The molecule has 0 aliphatic carbocycles. The second kappa shape index (κ2) is 5.24. The van der Waals surface area contributed by atoms with Crippen molar-refractivity contribution < 1.29 is 9.90 Å². The van der Waals surface area contributed by atoms with Crippen molar-refractivity contribution in [2.75, 3.05) is 0 Å². The SMILES string of the molecule is Cc1cc(=O)c(CC(=O)O)nn1-c1ccccc1Cl. The highest BCUT2D eigenvalue weighted by molar-refractivity contribution is 6.32. The van der Waals surface area contributed by atoms with E-state index < -0.39 is 12.4 Å². The molecular formula is C13H11ClN2O3. The fourth-order valence-electron chi connectivity index (χ4n) is 1.72. The fraction of sp³-hybridized carbons (Fsp3) is 0.154. The van der Waals surface area contributed by atoms with E-state index in [0.717, 1.165) is 0 Å². The molecule has 0 unspecified atom stereocenters. The first-order valence-corrected chi connectivity index (χ1v) is 5.93. The molecule has 2 aromatic rings. The van der Waals surface area contributed by atoms with Crippen LogP contribution in [0, 0.1) is 6.92 Å². The maximum Gasteiger partial charge on any atom is 0.309 e. The summed E-state index contributed by atoms with van der Waals surface area (Å²) in [5, 5.41) is 13.3. The lowest BCUT2D eigenvalue weighted by Crippen LogP contribution is -2.21. The van der Waals surface area contributed by atoms with Gasteiger partial charge in [-0.25, -0.2) is 4.68 Å². The quantitative estimate of drug-likeness (QED) is 0.929. The summed E-state index contributed by atoms with van der Waals surface area (Å²) in [4.78, 5) is 22.4. The van der Waals surface area contributed by atoms with Crippen LogP contribution in [0.25, 0.3) is 5.69 Å². The Morgan fingerprint density at radius 2 is 2.11 bits per heavy atom. The van der Waals surface area contributed by atoms with Gasteiger partial charge in [-0.1, -0.05) is 23.7 Å². The highest BCUT2D eigenvalue weighted by Gasteiger charge is 2.12. The number of carbonyl (C=O) groups is 1. The zero-order valence-electron chi connectivity index (χ0n) is 10.1. The van der Waals surface area contributed by atoms with Gasteiger partial charge in [0.25, 0.3) is 0 Å². The van der Waals surface area contributed by atoms with E-state index in [1.807, 2.05) is 0 Å². The molecule has 1 aromatic carbocycles. The van der Waals surface area contributed by atoms with E-state index in [0.29, 0.717) is 16.4 Å². The van der Waals surface area contributed by atoms with Crippen LogP contribution in [-0.2, 0) is 11.2 Å². The predicted octanol–water partition coefficient (Wildman–Crippen LogP) is 1.82. The minimum atomic E-state index is -1.10.